The Labute approximate surface area is 139 Å². The molecule has 0 aliphatic heterocycles. The second-order valence-corrected chi connectivity index (χ2v) is 6.91. The molecule has 0 bridgehead atoms. The highest BCUT2D eigenvalue weighted by atomic mass is 79.9. The first-order valence-corrected chi connectivity index (χ1v) is 8.09. The third kappa shape index (κ3) is 3.48. The highest BCUT2D eigenvalue weighted by molar-refractivity contribution is 9.11. The van der Waals surface area contributed by atoms with Gasteiger partial charge in [0.15, 0.2) is 0 Å². The maximum absolute atomic E-state index is 13.0. The molecule has 1 aromatic heterocycles. The maximum Gasteiger partial charge on any atom is 0.123 e. The van der Waals surface area contributed by atoms with Crippen LogP contribution in [0, 0.1) is 11.6 Å². The van der Waals surface area contributed by atoms with Gasteiger partial charge in [-0.25, -0.2) is 13.8 Å². The Hall–Kier alpha value is -1.85. The largest absolute Gasteiger partial charge is 0.235 e. The number of hydrogen-bond acceptors (Lipinski definition) is 2. The van der Waals surface area contributed by atoms with Gasteiger partial charge in [-0.2, -0.15) is 0 Å². The molecule has 0 aliphatic carbocycles. The van der Waals surface area contributed by atoms with Gasteiger partial charge in [0.1, 0.15) is 16.6 Å². The Morgan fingerprint density at radius 3 is 2.09 bits per heavy atom. The van der Waals surface area contributed by atoms with Crippen LogP contribution in [0.4, 0.5) is 8.78 Å². The van der Waals surface area contributed by atoms with Crippen LogP contribution < -0.4 is 0 Å². The van der Waals surface area contributed by atoms with E-state index < -0.39 is 0 Å². The Balaban J connectivity index is 1.85. The van der Waals surface area contributed by atoms with Crippen LogP contribution in [-0.4, -0.2) is 4.98 Å². The van der Waals surface area contributed by atoms with E-state index >= 15 is 0 Å². The van der Waals surface area contributed by atoms with Crippen LogP contribution in [0.3, 0.4) is 0 Å². The van der Waals surface area contributed by atoms with Gasteiger partial charge in [-0.15, -0.1) is 11.3 Å². The van der Waals surface area contributed by atoms with Gasteiger partial charge in [0, 0.05) is 5.56 Å². The van der Waals surface area contributed by atoms with Crippen molar-refractivity contribution in [2.75, 3.05) is 0 Å². The number of benzene rings is 2. The van der Waals surface area contributed by atoms with Crippen LogP contribution in [0.15, 0.2) is 52.3 Å². The lowest BCUT2D eigenvalue weighted by atomic mass is 10.2. The van der Waals surface area contributed by atoms with Crippen molar-refractivity contribution >= 4 is 39.4 Å². The predicted molar refractivity (Wildman–Crippen MR) is 90.5 cm³/mol. The number of rotatable bonds is 3. The van der Waals surface area contributed by atoms with Crippen molar-refractivity contribution in [2.45, 2.75) is 0 Å². The molecule has 0 aliphatic rings. The molecule has 0 radical (unpaired) electrons. The van der Waals surface area contributed by atoms with Crippen molar-refractivity contribution < 1.29 is 8.78 Å². The predicted octanol–water partition coefficient (Wildman–Crippen LogP) is 6.02. The molecule has 0 atom stereocenters. The minimum atomic E-state index is -0.272. The normalized spacial score (nSPS) is 11.2. The summed E-state index contributed by atoms with van der Waals surface area (Å²) in [5.74, 6) is -0.528. The van der Waals surface area contributed by atoms with Gasteiger partial charge < -0.3 is 0 Å². The van der Waals surface area contributed by atoms with E-state index in [1.165, 1.54) is 35.6 Å². The van der Waals surface area contributed by atoms with Gasteiger partial charge in [-0.05, 0) is 64.0 Å². The standard InChI is InChI=1S/C17H10BrF2NS/c18-17-16(12-4-8-14(20)9-5-12)21-15(22-17)10-3-11-1-6-13(19)7-2-11/h1-10H. The fraction of sp³-hybridized carbons (Fsp3) is 0. The molecule has 22 heavy (non-hydrogen) atoms. The molecule has 110 valence electrons. The van der Waals surface area contributed by atoms with E-state index in [0.717, 1.165) is 25.6 Å². The summed E-state index contributed by atoms with van der Waals surface area (Å²) in [6.07, 6.45) is 3.74. The van der Waals surface area contributed by atoms with Crippen LogP contribution in [0.2, 0.25) is 0 Å². The molecule has 0 saturated heterocycles. The molecule has 0 saturated carbocycles. The summed E-state index contributed by atoms with van der Waals surface area (Å²) in [6.45, 7) is 0. The molecule has 5 heteroatoms. The first-order valence-electron chi connectivity index (χ1n) is 6.48. The molecule has 2 aromatic carbocycles. The molecular weight excluding hydrogens is 368 g/mol. The van der Waals surface area contributed by atoms with Crippen molar-refractivity contribution in [2.24, 2.45) is 0 Å². The molecule has 1 nitrogen and oxygen atoms in total. The second kappa shape index (κ2) is 6.50. The molecule has 0 unspecified atom stereocenters. The van der Waals surface area contributed by atoms with E-state index in [1.54, 1.807) is 24.3 Å². The topological polar surface area (TPSA) is 12.9 Å². The SMILES string of the molecule is Fc1ccc(C=Cc2nc(-c3ccc(F)cc3)c(Br)s2)cc1. The first-order chi connectivity index (χ1) is 10.6. The summed E-state index contributed by atoms with van der Waals surface area (Å²) >= 11 is 4.97. The Kier molecular flexibility index (Phi) is 4.45. The number of aromatic nitrogens is 1. The smallest absolute Gasteiger partial charge is 0.123 e. The molecule has 0 amide bonds. The number of nitrogens with zero attached hydrogens (tertiary/aromatic N) is 1. The first kappa shape index (κ1) is 15.1. The lowest BCUT2D eigenvalue weighted by Crippen LogP contribution is -1.80. The number of halogens is 3. The van der Waals surface area contributed by atoms with Crippen LogP contribution in [0.25, 0.3) is 23.4 Å². The van der Waals surface area contributed by atoms with Gasteiger partial charge in [0.05, 0.1) is 9.48 Å². The zero-order valence-electron chi connectivity index (χ0n) is 11.3. The van der Waals surface area contributed by atoms with Gasteiger partial charge in [0.25, 0.3) is 0 Å². The van der Waals surface area contributed by atoms with E-state index in [4.69, 9.17) is 0 Å². The number of thiazole rings is 1. The van der Waals surface area contributed by atoms with Crippen molar-refractivity contribution in [3.8, 4) is 11.3 Å². The van der Waals surface area contributed by atoms with E-state index in [-0.39, 0.29) is 11.6 Å². The third-order valence-electron chi connectivity index (χ3n) is 3.01. The Morgan fingerprint density at radius 1 is 0.864 bits per heavy atom. The van der Waals surface area contributed by atoms with Crippen LogP contribution >= 0.6 is 27.3 Å². The minimum Gasteiger partial charge on any atom is -0.235 e. The van der Waals surface area contributed by atoms with Gasteiger partial charge >= 0.3 is 0 Å². The van der Waals surface area contributed by atoms with Gasteiger partial charge in [0.2, 0.25) is 0 Å². The highest BCUT2D eigenvalue weighted by Crippen LogP contribution is 2.33. The van der Waals surface area contributed by atoms with E-state index in [1.807, 2.05) is 12.2 Å². The summed E-state index contributed by atoms with van der Waals surface area (Å²) < 4.78 is 26.7. The molecule has 3 rings (SSSR count). The summed E-state index contributed by atoms with van der Waals surface area (Å²) in [7, 11) is 0. The summed E-state index contributed by atoms with van der Waals surface area (Å²) in [5.41, 5.74) is 2.53. The van der Waals surface area contributed by atoms with Crippen molar-refractivity contribution in [3.63, 3.8) is 0 Å². The van der Waals surface area contributed by atoms with E-state index in [2.05, 4.69) is 20.9 Å². The fourth-order valence-corrected chi connectivity index (χ4v) is 3.45. The zero-order chi connectivity index (χ0) is 15.5. The van der Waals surface area contributed by atoms with E-state index in [0.29, 0.717) is 0 Å². The lowest BCUT2D eigenvalue weighted by Gasteiger charge is -1.96. The lowest BCUT2D eigenvalue weighted by molar-refractivity contribution is 0.627. The molecule has 0 spiro atoms. The van der Waals surface area contributed by atoms with Crippen molar-refractivity contribution in [3.05, 3.63) is 74.5 Å². The average molecular weight is 378 g/mol. The summed E-state index contributed by atoms with van der Waals surface area (Å²) in [4.78, 5) is 4.53. The van der Waals surface area contributed by atoms with Crippen molar-refractivity contribution in [1.82, 2.24) is 4.98 Å². The van der Waals surface area contributed by atoms with Gasteiger partial charge in [-0.3, -0.25) is 0 Å². The Morgan fingerprint density at radius 2 is 1.45 bits per heavy atom. The molecule has 0 N–H and O–H groups in total. The fourth-order valence-electron chi connectivity index (χ4n) is 1.92. The van der Waals surface area contributed by atoms with Crippen molar-refractivity contribution in [1.29, 1.82) is 0 Å². The zero-order valence-corrected chi connectivity index (χ0v) is 13.7. The summed E-state index contributed by atoms with van der Waals surface area (Å²) in [5, 5.41) is 0.815. The minimum absolute atomic E-state index is 0.257. The average Bonchev–Trinajstić information content (AvgIpc) is 2.89. The monoisotopic (exact) mass is 377 g/mol. The quantitative estimate of drug-likeness (QED) is 0.543. The van der Waals surface area contributed by atoms with Crippen LogP contribution in [0.5, 0.6) is 0 Å². The maximum atomic E-state index is 13.0. The van der Waals surface area contributed by atoms with Crippen LogP contribution in [-0.2, 0) is 0 Å². The molecular formula is C17H10BrF2NS. The third-order valence-corrected chi connectivity index (χ3v) is 4.68. The van der Waals surface area contributed by atoms with E-state index in [9.17, 15) is 8.78 Å². The second-order valence-electron chi connectivity index (χ2n) is 4.57. The molecule has 3 aromatic rings. The Bertz CT molecular complexity index is 808. The molecule has 1 heterocycles. The molecule has 0 fully saturated rings. The number of hydrogen-bond donors (Lipinski definition) is 0. The highest BCUT2D eigenvalue weighted by Gasteiger charge is 2.09. The van der Waals surface area contributed by atoms with Crippen LogP contribution in [0.1, 0.15) is 10.6 Å². The summed E-state index contributed by atoms with van der Waals surface area (Å²) in [6, 6.07) is 12.5. The van der Waals surface area contributed by atoms with Gasteiger partial charge in [-0.1, -0.05) is 18.2 Å².